The molecule has 2 rings (SSSR count). The Kier molecular flexibility index (Phi) is 4.56. The standard InChI is InChI=1S/C16H18FNO2/c1-11-7-9-15(20-11)12(2)18-16(19)10-8-13-5-3-4-6-14(13)17/h3-7,9,12H,8,10H2,1-2H3,(H,18,19). The fraction of sp³-hybridized carbons (Fsp3) is 0.312. The molecule has 1 aromatic carbocycles. The van der Waals surface area contributed by atoms with E-state index < -0.39 is 0 Å². The number of benzene rings is 1. The lowest BCUT2D eigenvalue weighted by Gasteiger charge is -2.11. The summed E-state index contributed by atoms with van der Waals surface area (Å²) in [6.07, 6.45) is 0.646. The number of hydrogen-bond donors (Lipinski definition) is 1. The zero-order valence-corrected chi connectivity index (χ0v) is 11.7. The van der Waals surface area contributed by atoms with Crippen molar-refractivity contribution in [2.45, 2.75) is 32.7 Å². The van der Waals surface area contributed by atoms with E-state index in [1.165, 1.54) is 6.07 Å². The minimum Gasteiger partial charge on any atom is -0.464 e. The molecule has 1 heterocycles. The monoisotopic (exact) mass is 275 g/mol. The van der Waals surface area contributed by atoms with Gasteiger partial charge in [0, 0.05) is 6.42 Å². The van der Waals surface area contributed by atoms with Gasteiger partial charge in [-0.15, -0.1) is 0 Å². The molecule has 0 saturated carbocycles. The summed E-state index contributed by atoms with van der Waals surface area (Å²) in [6.45, 7) is 3.72. The number of aryl methyl sites for hydroxylation is 2. The quantitative estimate of drug-likeness (QED) is 0.907. The average Bonchev–Trinajstić information content (AvgIpc) is 2.84. The summed E-state index contributed by atoms with van der Waals surface area (Å²) in [6, 6.07) is 10.0. The fourth-order valence-electron chi connectivity index (χ4n) is 2.02. The number of nitrogens with one attached hydrogen (secondary N) is 1. The summed E-state index contributed by atoms with van der Waals surface area (Å²) in [4.78, 5) is 11.8. The lowest BCUT2D eigenvalue weighted by Crippen LogP contribution is -2.26. The Balaban J connectivity index is 1.85. The van der Waals surface area contributed by atoms with E-state index in [4.69, 9.17) is 4.42 Å². The summed E-state index contributed by atoms with van der Waals surface area (Å²) in [5, 5.41) is 2.84. The van der Waals surface area contributed by atoms with Crippen molar-refractivity contribution in [1.29, 1.82) is 0 Å². The van der Waals surface area contributed by atoms with E-state index in [1.807, 2.05) is 26.0 Å². The van der Waals surface area contributed by atoms with Gasteiger partial charge in [-0.2, -0.15) is 0 Å². The molecule has 0 saturated heterocycles. The molecule has 0 aliphatic rings. The molecule has 1 amide bonds. The lowest BCUT2D eigenvalue weighted by atomic mass is 10.1. The summed E-state index contributed by atoms with van der Waals surface area (Å²) in [7, 11) is 0. The number of halogens is 1. The number of furan rings is 1. The second kappa shape index (κ2) is 6.37. The van der Waals surface area contributed by atoms with Crippen LogP contribution in [-0.2, 0) is 11.2 Å². The highest BCUT2D eigenvalue weighted by Gasteiger charge is 2.13. The summed E-state index contributed by atoms with van der Waals surface area (Å²) < 4.78 is 18.9. The maximum absolute atomic E-state index is 13.4. The van der Waals surface area contributed by atoms with Gasteiger partial charge < -0.3 is 9.73 Å². The normalized spacial score (nSPS) is 12.2. The molecule has 3 nitrogen and oxygen atoms in total. The predicted molar refractivity (Wildman–Crippen MR) is 74.7 cm³/mol. The molecule has 0 radical (unpaired) electrons. The first kappa shape index (κ1) is 14.3. The van der Waals surface area contributed by atoms with Crippen LogP contribution in [0.3, 0.4) is 0 Å². The molecule has 0 bridgehead atoms. The minimum absolute atomic E-state index is 0.116. The molecule has 0 aliphatic carbocycles. The maximum atomic E-state index is 13.4. The third kappa shape index (κ3) is 3.70. The van der Waals surface area contributed by atoms with Gasteiger partial charge in [0.05, 0.1) is 6.04 Å². The van der Waals surface area contributed by atoms with Crippen LogP contribution in [0.2, 0.25) is 0 Å². The topological polar surface area (TPSA) is 42.2 Å². The SMILES string of the molecule is Cc1ccc(C(C)NC(=O)CCc2ccccc2F)o1. The molecule has 0 aliphatic heterocycles. The van der Waals surface area contributed by atoms with E-state index in [2.05, 4.69) is 5.32 Å². The van der Waals surface area contributed by atoms with Gasteiger partial charge in [0.25, 0.3) is 0 Å². The first-order valence-corrected chi connectivity index (χ1v) is 6.65. The third-order valence-electron chi connectivity index (χ3n) is 3.14. The number of carbonyl (C=O) groups is 1. The Bertz CT molecular complexity index is 592. The first-order valence-electron chi connectivity index (χ1n) is 6.65. The predicted octanol–water partition coefficient (Wildman–Crippen LogP) is 3.54. The molecule has 1 N–H and O–H groups in total. The molecular formula is C16H18FNO2. The van der Waals surface area contributed by atoms with E-state index in [1.54, 1.807) is 18.2 Å². The number of carbonyl (C=O) groups excluding carboxylic acids is 1. The van der Waals surface area contributed by atoms with Gasteiger partial charge in [-0.25, -0.2) is 4.39 Å². The van der Waals surface area contributed by atoms with Crippen molar-refractivity contribution < 1.29 is 13.6 Å². The molecule has 1 unspecified atom stereocenters. The molecule has 106 valence electrons. The highest BCUT2D eigenvalue weighted by molar-refractivity contribution is 5.76. The van der Waals surface area contributed by atoms with Gasteiger partial charge in [0.1, 0.15) is 17.3 Å². The van der Waals surface area contributed by atoms with Gasteiger partial charge in [0.2, 0.25) is 5.91 Å². The van der Waals surface area contributed by atoms with Crippen molar-refractivity contribution in [3.63, 3.8) is 0 Å². The van der Waals surface area contributed by atoms with Crippen molar-refractivity contribution >= 4 is 5.91 Å². The molecule has 2 aromatic rings. The van der Waals surface area contributed by atoms with Gasteiger partial charge in [-0.05, 0) is 44.0 Å². The molecule has 20 heavy (non-hydrogen) atoms. The van der Waals surface area contributed by atoms with E-state index in [0.29, 0.717) is 12.0 Å². The molecule has 0 fully saturated rings. The summed E-state index contributed by atoms with van der Waals surface area (Å²) in [5.41, 5.74) is 0.559. The van der Waals surface area contributed by atoms with Gasteiger partial charge in [-0.1, -0.05) is 18.2 Å². The fourth-order valence-corrected chi connectivity index (χ4v) is 2.02. The zero-order valence-electron chi connectivity index (χ0n) is 11.7. The Labute approximate surface area is 117 Å². The first-order chi connectivity index (χ1) is 9.56. The Morgan fingerprint density at radius 2 is 2.05 bits per heavy atom. The van der Waals surface area contributed by atoms with E-state index in [-0.39, 0.29) is 24.2 Å². The molecular weight excluding hydrogens is 257 g/mol. The second-order valence-electron chi connectivity index (χ2n) is 4.83. The van der Waals surface area contributed by atoms with Crippen LogP contribution in [0.5, 0.6) is 0 Å². The van der Waals surface area contributed by atoms with Crippen molar-refractivity contribution in [3.8, 4) is 0 Å². The van der Waals surface area contributed by atoms with Crippen LogP contribution in [-0.4, -0.2) is 5.91 Å². The highest BCUT2D eigenvalue weighted by atomic mass is 19.1. The molecule has 4 heteroatoms. The smallest absolute Gasteiger partial charge is 0.220 e. The van der Waals surface area contributed by atoms with Crippen LogP contribution in [0.4, 0.5) is 4.39 Å². The van der Waals surface area contributed by atoms with Crippen molar-refractivity contribution in [2.24, 2.45) is 0 Å². The van der Waals surface area contributed by atoms with E-state index >= 15 is 0 Å². The minimum atomic E-state index is -0.269. The van der Waals surface area contributed by atoms with E-state index in [9.17, 15) is 9.18 Å². The zero-order chi connectivity index (χ0) is 14.5. The van der Waals surface area contributed by atoms with Crippen molar-refractivity contribution in [3.05, 3.63) is 59.3 Å². The molecule has 1 atom stereocenters. The number of amides is 1. The largest absolute Gasteiger partial charge is 0.464 e. The summed E-state index contributed by atoms with van der Waals surface area (Å²) in [5.74, 6) is 1.15. The Morgan fingerprint density at radius 3 is 2.70 bits per heavy atom. The van der Waals surface area contributed by atoms with Crippen LogP contribution in [0.25, 0.3) is 0 Å². The van der Waals surface area contributed by atoms with Crippen LogP contribution in [0, 0.1) is 12.7 Å². The summed E-state index contributed by atoms with van der Waals surface area (Å²) >= 11 is 0. The third-order valence-corrected chi connectivity index (χ3v) is 3.14. The Hall–Kier alpha value is -2.10. The second-order valence-corrected chi connectivity index (χ2v) is 4.83. The maximum Gasteiger partial charge on any atom is 0.220 e. The van der Waals surface area contributed by atoms with Gasteiger partial charge in [-0.3, -0.25) is 4.79 Å². The lowest BCUT2D eigenvalue weighted by molar-refractivity contribution is -0.121. The van der Waals surface area contributed by atoms with Crippen molar-refractivity contribution in [2.75, 3.05) is 0 Å². The highest BCUT2D eigenvalue weighted by Crippen LogP contribution is 2.16. The average molecular weight is 275 g/mol. The number of hydrogen-bond acceptors (Lipinski definition) is 2. The molecule has 0 spiro atoms. The van der Waals surface area contributed by atoms with Crippen LogP contribution in [0.15, 0.2) is 40.8 Å². The molecule has 1 aromatic heterocycles. The van der Waals surface area contributed by atoms with Gasteiger partial charge >= 0.3 is 0 Å². The van der Waals surface area contributed by atoms with Crippen molar-refractivity contribution in [1.82, 2.24) is 5.32 Å². The Morgan fingerprint density at radius 1 is 1.30 bits per heavy atom. The number of rotatable bonds is 5. The van der Waals surface area contributed by atoms with Crippen LogP contribution < -0.4 is 5.32 Å². The van der Waals surface area contributed by atoms with E-state index in [0.717, 1.165) is 11.5 Å². The van der Waals surface area contributed by atoms with Gasteiger partial charge in [0.15, 0.2) is 0 Å². The van der Waals surface area contributed by atoms with Crippen LogP contribution >= 0.6 is 0 Å². The van der Waals surface area contributed by atoms with Crippen LogP contribution in [0.1, 0.15) is 36.5 Å².